The Kier molecular flexibility index (Phi) is 11.4. The van der Waals surface area contributed by atoms with Gasteiger partial charge in [0, 0.05) is 53.1 Å². The first-order chi connectivity index (χ1) is 28.5. The Labute approximate surface area is 363 Å². The molecule has 2 aliphatic carbocycles. The van der Waals surface area contributed by atoms with E-state index < -0.39 is 0 Å². The number of benzene rings is 2. The van der Waals surface area contributed by atoms with Gasteiger partial charge in [0.1, 0.15) is 0 Å². The normalized spacial score (nSPS) is 15.4. The van der Waals surface area contributed by atoms with E-state index in [4.69, 9.17) is 6.58 Å². The van der Waals surface area contributed by atoms with Crippen molar-refractivity contribution in [3.63, 3.8) is 0 Å². The van der Waals surface area contributed by atoms with E-state index in [1.165, 1.54) is 115 Å². The maximum atomic E-state index is 4.71. The smallest absolute Gasteiger partial charge is 0.0273 e. The molecular formula is C54H49IN4. The number of rotatable bonds is 7. The van der Waals surface area contributed by atoms with Gasteiger partial charge in [-0.25, -0.2) is 0 Å². The van der Waals surface area contributed by atoms with Crippen molar-refractivity contribution in [2.75, 3.05) is 0 Å². The van der Waals surface area contributed by atoms with Gasteiger partial charge in [-0.1, -0.05) is 24.8 Å². The summed E-state index contributed by atoms with van der Waals surface area (Å²) in [4.78, 5) is 17.4. The molecular weight excluding hydrogens is 832 g/mol. The van der Waals surface area contributed by atoms with Crippen LogP contribution < -0.4 is 0 Å². The first kappa shape index (κ1) is 40.0. The molecule has 0 aliphatic heterocycles. The molecule has 59 heavy (non-hydrogen) atoms. The third kappa shape index (κ3) is 7.76. The van der Waals surface area contributed by atoms with Crippen molar-refractivity contribution >= 4 is 33.7 Å². The highest BCUT2D eigenvalue weighted by Gasteiger charge is 2.30. The fourth-order valence-corrected chi connectivity index (χ4v) is 9.70. The van der Waals surface area contributed by atoms with E-state index in [0.29, 0.717) is 0 Å². The van der Waals surface area contributed by atoms with Crippen LogP contribution in [0.3, 0.4) is 0 Å². The summed E-state index contributed by atoms with van der Waals surface area (Å²) in [5, 5.41) is 0. The van der Waals surface area contributed by atoms with Crippen LogP contribution in [0.1, 0.15) is 73.6 Å². The maximum Gasteiger partial charge on any atom is 0.0273 e. The number of allylic oxidation sites excluding steroid dienone is 11. The Morgan fingerprint density at radius 2 is 1.07 bits per heavy atom. The van der Waals surface area contributed by atoms with Crippen molar-refractivity contribution < 1.29 is 0 Å². The van der Waals surface area contributed by atoms with Crippen LogP contribution in [0.25, 0.3) is 33.4 Å². The van der Waals surface area contributed by atoms with Crippen molar-refractivity contribution in [2.45, 2.75) is 67.7 Å². The highest BCUT2D eigenvalue weighted by molar-refractivity contribution is 14.1. The van der Waals surface area contributed by atoms with E-state index in [2.05, 4.69) is 164 Å². The zero-order chi connectivity index (χ0) is 41.4. The minimum Gasteiger partial charge on any atom is -0.265 e. The number of nitrogens with zero attached hydrogens (tertiary/aromatic N) is 4. The lowest BCUT2D eigenvalue weighted by molar-refractivity contribution is 1.06. The zero-order valence-corrected chi connectivity index (χ0v) is 37.2. The Hall–Kier alpha value is -5.79. The van der Waals surface area contributed by atoms with Crippen LogP contribution >= 0.6 is 22.6 Å². The van der Waals surface area contributed by atoms with Gasteiger partial charge >= 0.3 is 0 Å². The number of aromatic nitrogens is 4. The first-order valence-electron chi connectivity index (χ1n) is 20.3. The third-order valence-electron chi connectivity index (χ3n) is 12.6. The van der Waals surface area contributed by atoms with Gasteiger partial charge in [-0.2, -0.15) is 0 Å². The Morgan fingerprint density at radius 1 is 0.559 bits per heavy atom. The van der Waals surface area contributed by atoms with Crippen LogP contribution in [0.4, 0.5) is 0 Å². The second kappa shape index (κ2) is 16.8. The molecule has 0 N–H and O–H groups in total. The summed E-state index contributed by atoms with van der Waals surface area (Å²) in [6, 6.07) is 26.5. The van der Waals surface area contributed by atoms with Gasteiger partial charge in [0.15, 0.2) is 0 Å². The number of pyridine rings is 4. The number of hydrogen-bond donors (Lipinski definition) is 0. The molecule has 0 saturated carbocycles. The summed E-state index contributed by atoms with van der Waals surface area (Å²) in [5.74, 6) is 0. The van der Waals surface area contributed by atoms with Crippen molar-refractivity contribution in [1.82, 2.24) is 19.9 Å². The molecule has 2 aliphatic rings. The van der Waals surface area contributed by atoms with Crippen LogP contribution in [0.2, 0.25) is 0 Å². The second-order valence-corrected chi connectivity index (χ2v) is 17.0. The number of hydrogen-bond acceptors (Lipinski definition) is 4. The van der Waals surface area contributed by atoms with Crippen LogP contribution in [0.5, 0.6) is 0 Å². The summed E-state index contributed by atoms with van der Waals surface area (Å²) in [7, 11) is 0. The average Bonchev–Trinajstić information content (AvgIpc) is 3.32. The lowest BCUT2D eigenvalue weighted by Crippen LogP contribution is -2.07. The number of aryl methyl sites for hydroxylation is 1. The summed E-state index contributed by atoms with van der Waals surface area (Å²) >= 11 is 2.56. The van der Waals surface area contributed by atoms with Gasteiger partial charge in [-0.05, 0) is 267 Å². The molecule has 0 spiro atoms. The molecule has 0 amide bonds. The molecule has 4 nitrogen and oxygen atoms in total. The van der Waals surface area contributed by atoms with Gasteiger partial charge in [0.05, 0.1) is 0 Å². The van der Waals surface area contributed by atoms with Gasteiger partial charge < -0.3 is 0 Å². The fourth-order valence-electron chi connectivity index (χ4n) is 9.20. The van der Waals surface area contributed by atoms with Crippen molar-refractivity contribution in [1.29, 1.82) is 0 Å². The van der Waals surface area contributed by atoms with E-state index in [1.54, 1.807) is 0 Å². The van der Waals surface area contributed by atoms with Gasteiger partial charge in [0.2, 0.25) is 0 Å². The van der Waals surface area contributed by atoms with Crippen LogP contribution in [0, 0.1) is 17.4 Å². The summed E-state index contributed by atoms with van der Waals surface area (Å²) in [5.41, 5.74) is 27.8. The standard InChI is InChI=1S/C54H49IN4/c1-32-25-46(41-11-19-57-20-12-41)28-48(54(32)55)31-50-36(5)52(43-15-23-59-24-16-43)39(8)51-30-45-27-47(42-13-21-58-22-14-42)26-44(35(45)4)29-49(37(6)53(51)38(50)7)34(3)33(2)40-9-17-56-18-10-40/h9-28H,2,29-31H2,1,3-8H3. The first-order valence-corrected chi connectivity index (χ1v) is 21.3. The summed E-state index contributed by atoms with van der Waals surface area (Å²) in [6.45, 7) is 21.0. The van der Waals surface area contributed by atoms with Gasteiger partial charge in [-0.3, -0.25) is 19.9 Å². The molecule has 2 bridgehead atoms. The molecule has 292 valence electrons. The van der Waals surface area contributed by atoms with E-state index in [-0.39, 0.29) is 0 Å². The molecule has 2 aromatic carbocycles. The minimum absolute atomic E-state index is 0.784. The third-order valence-corrected chi connectivity index (χ3v) is 14.1. The van der Waals surface area contributed by atoms with Gasteiger partial charge in [0.25, 0.3) is 0 Å². The maximum absolute atomic E-state index is 4.71. The topological polar surface area (TPSA) is 51.6 Å². The van der Waals surface area contributed by atoms with Crippen molar-refractivity contribution in [3.8, 4) is 22.3 Å². The SMILES string of the molecule is C=C(C(C)=C1Cc2cc(-c3ccncc3)cc(c2C)CC2=C(C)C(c3ccncc3)=C(C)C(Cc3cc(-c4ccncc4)cc(C)c3I)=C(C)C2=C1C)c1ccncc1. The Bertz CT molecular complexity index is 2790. The predicted octanol–water partition coefficient (Wildman–Crippen LogP) is 13.6. The van der Waals surface area contributed by atoms with Crippen LogP contribution in [0.15, 0.2) is 179 Å². The van der Waals surface area contributed by atoms with E-state index in [9.17, 15) is 0 Å². The van der Waals surface area contributed by atoms with E-state index in [1.807, 2.05) is 49.6 Å². The number of halogens is 1. The molecule has 4 heterocycles. The Balaban J connectivity index is 1.44. The average molecular weight is 881 g/mol. The lowest BCUT2D eigenvalue weighted by atomic mass is 9.81. The summed E-state index contributed by atoms with van der Waals surface area (Å²) in [6.07, 6.45) is 17.5. The fraction of sp³-hybridized carbons (Fsp3) is 0.185. The molecule has 0 radical (unpaired) electrons. The molecule has 0 saturated heterocycles. The zero-order valence-electron chi connectivity index (χ0n) is 35.0. The predicted molar refractivity (Wildman–Crippen MR) is 254 cm³/mol. The lowest BCUT2D eigenvalue weighted by Gasteiger charge is -2.23. The summed E-state index contributed by atoms with van der Waals surface area (Å²) < 4.78 is 1.30. The molecule has 0 fully saturated rings. The van der Waals surface area contributed by atoms with Crippen molar-refractivity contribution in [3.05, 3.63) is 222 Å². The minimum atomic E-state index is 0.784. The monoisotopic (exact) mass is 880 g/mol. The number of fused-ring (bicyclic) bond motifs is 3. The molecule has 6 aromatic rings. The molecule has 8 rings (SSSR count). The molecule has 4 aromatic heterocycles. The van der Waals surface area contributed by atoms with Crippen LogP contribution in [-0.2, 0) is 19.3 Å². The Morgan fingerprint density at radius 3 is 1.64 bits per heavy atom. The van der Waals surface area contributed by atoms with Gasteiger partial charge in [-0.15, -0.1) is 0 Å². The molecule has 0 unspecified atom stereocenters. The van der Waals surface area contributed by atoms with Crippen LogP contribution in [-0.4, -0.2) is 19.9 Å². The van der Waals surface area contributed by atoms with E-state index >= 15 is 0 Å². The molecule has 5 heteroatoms. The van der Waals surface area contributed by atoms with Crippen molar-refractivity contribution in [2.24, 2.45) is 0 Å². The largest absolute Gasteiger partial charge is 0.265 e. The highest BCUT2D eigenvalue weighted by atomic mass is 127. The quantitative estimate of drug-likeness (QED) is 0.150. The van der Waals surface area contributed by atoms with E-state index in [0.717, 1.165) is 30.4 Å². The highest BCUT2D eigenvalue weighted by Crippen LogP contribution is 2.47. The second-order valence-electron chi connectivity index (χ2n) is 15.9. The molecule has 0 atom stereocenters.